The van der Waals surface area contributed by atoms with E-state index in [4.69, 9.17) is 8.83 Å². The van der Waals surface area contributed by atoms with Gasteiger partial charge in [-0.3, -0.25) is 0 Å². The first-order chi connectivity index (χ1) is 26.3. The monoisotopic (exact) mass is 677 g/mol. The molecule has 0 N–H and O–H groups in total. The fourth-order valence-electron chi connectivity index (χ4n) is 8.08. The number of hydrogen-bond acceptors (Lipinski definition) is 3. The Morgan fingerprint density at radius 3 is 1.72 bits per heavy atom. The maximum absolute atomic E-state index is 6.94. The zero-order valence-electron chi connectivity index (χ0n) is 28.7. The molecule has 2 heterocycles. The lowest BCUT2D eigenvalue weighted by atomic mass is 9.97. The van der Waals surface area contributed by atoms with Crippen LogP contribution in [-0.2, 0) is 0 Å². The van der Waals surface area contributed by atoms with Crippen LogP contribution in [0.3, 0.4) is 0 Å². The van der Waals surface area contributed by atoms with E-state index < -0.39 is 0 Å². The largest absolute Gasteiger partial charge is 0.456 e. The lowest BCUT2D eigenvalue weighted by Gasteiger charge is -2.26. The van der Waals surface area contributed by atoms with Gasteiger partial charge in [-0.2, -0.15) is 0 Å². The van der Waals surface area contributed by atoms with E-state index in [0.29, 0.717) is 0 Å². The van der Waals surface area contributed by atoms with E-state index in [9.17, 15) is 0 Å². The summed E-state index contributed by atoms with van der Waals surface area (Å²) in [6.45, 7) is 0. The average Bonchev–Trinajstić information content (AvgIpc) is 3.81. The van der Waals surface area contributed by atoms with Gasteiger partial charge < -0.3 is 13.7 Å². The molecule has 0 aliphatic rings. The highest BCUT2D eigenvalue weighted by Crippen LogP contribution is 2.45. The number of furan rings is 2. The van der Waals surface area contributed by atoms with Gasteiger partial charge >= 0.3 is 0 Å². The maximum atomic E-state index is 6.94. The number of anilines is 3. The summed E-state index contributed by atoms with van der Waals surface area (Å²) in [6.07, 6.45) is 0. The van der Waals surface area contributed by atoms with Crippen molar-refractivity contribution in [2.24, 2.45) is 0 Å². The number of hydrogen-bond donors (Lipinski definition) is 0. The highest BCUT2D eigenvalue weighted by atomic mass is 16.3. The summed E-state index contributed by atoms with van der Waals surface area (Å²) in [5.74, 6) is 0. The van der Waals surface area contributed by atoms with E-state index in [1.54, 1.807) is 0 Å². The first-order valence-electron chi connectivity index (χ1n) is 18.0. The molecule has 3 nitrogen and oxygen atoms in total. The van der Waals surface area contributed by atoms with Gasteiger partial charge in [0.15, 0.2) is 5.58 Å². The molecule has 0 unspecified atom stereocenters. The zero-order valence-corrected chi connectivity index (χ0v) is 28.7. The van der Waals surface area contributed by atoms with Crippen LogP contribution in [0.5, 0.6) is 0 Å². The third kappa shape index (κ3) is 4.75. The summed E-state index contributed by atoms with van der Waals surface area (Å²) < 4.78 is 13.2. The van der Waals surface area contributed by atoms with E-state index in [2.05, 4.69) is 181 Å². The minimum Gasteiger partial charge on any atom is -0.456 e. The quantitative estimate of drug-likeness (QED) is 0.170. The van der Waals surface area contributed by atoms with Gasteiger partial charge in [0.05, 0.1) is 11.1 Å². The molecular weight excluding hydrogens is 647 g/mol. The molecule has 0 spiro atoms. The van der Waals surface area contributed by atoms with Crippen molar-refractivity contribution in [2.45, 2.75) is 0 Å². The number of rotatable bonds is 5. The summed E-state index contributed by atoms with van der Waals surface area (Å²) in [5.41, 5.74) is 11.1. The fourth-order valence-corrected chi connectivity index (χ4v) is 8.08. The van der Waals surface area contributed by atoms with E-state index in [0.717, 1.165) is 60.9 Å². The van der Waals surface area contributed by atoms with Crippen molar-refractivity contribution >= 4 is 82.5 Å². The Morgan fingerprint density at radius 1 is 0.321 bits per heavy atom. The van der Waals surface area contributed by atoms with E-state index in [1.807, 2.05) is 12.1 Å². The molecule has 0 fully saturated rings. The van der Waals surface area contributed by atoms with Crippen LogP contribution < -0.4 is 4.90 Å². The number of fused-ring (bicyclic) bond motifs is 10. The normalized spacial score (nSPS) is 11.8. The summed E-state index contributed by atoms with van der Waals surface area (Å²) in [5, 5.41) is 9.25. The van der Waals surface area contributed by atoms with Crippen LogP contribution in [-0.4, -0.2) is 0 Å². The molecule has 0 aliphatic carbocycles. The van der Waals surface area contributed by atoms with Crippen LogP contribution >= 0.6 is 0 Å². The second-order valence-electron chi connectivity index (χ2n) is 13.7. The van der Waals surface area contributed by atoms with Crippen LogP contribution in [0.25, 0.3) is 87.7 Å². The molecule has 53 heavy (non-hydrogen) atoms. The zero-order chi connectivity index (χ0) is 34.9. The fraction of sp³-hybridized carbons (Fsp3) is 0. The smallest absolute Gasteiger partial charge is 0.159 e. The topological polar surface area (TPSA) is 29.5 Å². The number of benzene rings is 9. The Bertz CT molecular complexity index is 3150. The summed E-state index contributed by atoms with van der Waals surface area (Å²) in [6, 6.07) is 66.8. The first-order valence-corrected chi connectivity index (χ1v) is 18.0. The van der Waals surface area contributed by atoms with Crippen molar-refractivity contribution in [1.29, 1.82) is 0 Å². The lowest BCUT2D eigenvalue weighted by molar-refractivity contribution is 0.663. The average molecular weight is 678 g/mol. The standard InChI is InChI=1S/C50H31NO2/c1-2-9-32(10-3-1)33-19-24-38(25-20-33)51(39-26-21-34(22-27-39)36-23-28-41-37(31-36)18-17-35-11-4-5-12-40(35)41)45-15-8-14-42-43-29-30-47-48(50(43)53-49(42)45)44-13-6-7-16-46(44)52-47/h1-31H. The van der Waals surface area contributed by atoms with Crippen molar-refractivity contribution in [2.75, 3.05) is 4.90 Å². The van der Waals surface area contributed by atoms with Gasteiger partial charge in [-0.1, -0.05) is 133 Å². The summed E-state index contributed by atoms with van der Waals surface area (Å²) in [7, 11) is 0. The van der Waals surface area contributed by atoms with Crippen LogP contribution in [0.4, 0.5) is 17.1 Å². The molecule has 0 bridgehead atoms. The Hall–Kier alpha value is -7.10. The molecule has 3 heteroatoms. The molecule has 11 aromatic rings. The van der Waals surface area contributed by atoms with Crippen LogP contribution in [0, 0.1) is 0 Å². The van der Waals surface area contributed by atoms with Crippen molar-refractivity contribution < 1.29 is 8.83 Å². The van der Waals surface area contributed by atoms with Crippen LogP contribution in [0.2, 0.25) is 0 Å². The molecule has 0 radical (unpaired) electrons. The Morgan fingerprint density at radius 2 is 0.906 bits per heavy atom. The summed E-state index contributed by atoms with van der Waals surface area (Å²) in [4.78, 5) is 2.31. The van der Waals surface area contributed by atoms with E-state index in [-0.39, 0.29) is 0 Å². The minimum absolute atomic E-state index is 0.824. The molecule has 9 aromatic carbocycles. The van der Waals surface area contributed by atoms with Gasteiger partial charge in [-0.05, 0) is 98.4 Å². The van der Waals surface area contributed by atoms with Gasteiger partial charge in [-0.25, -0.2) is 0 Å². The minimum atomic E-state index is 0.824. The van der Waals surface area contributed by atoms with Crippen LogP contribution in [0.15, 0.2) is 197 Å². The molecule has 0 amide bonds. The number of para-hydroxylation sites is 2. The van der Waals surface area contributed by atoms with Gasteiger partial charge in [0.2, 0.25) is 0 Å². The second kappa shape index (κ2) is 11.7. The third-order valence-electron chi connectivity index (χ3n) is 10.7. The molecule has 248 valence electrons. The van der Waals surface area contributed by atoms with Gasteiger partial charge in [0, 0.05) is 27.5 Å². The predicted molar refractivity (Wildman–Crippen MR) is 222 cm³/mol. The van der Waals surface area contributed by atoms with Crippen molar-refractivity contribution in [3.63, 3.8) is 0 Å². The molecule has 0 saturated carbocycles. The van der Waals surface area contributed by atoms with Crippen molar-refractivity contribution in [3.05, 3.63) is 188 Å². The van der Waals surface area contributed by atoms with E-state index in [1.165, 1.54) is 43.8 Å². The highest BCUT2D eigenvalue weighted by molar-refractivity contribution is 6.23. The summed E-state index contributed by atoms with van der Waals surface area (Å²) >= 11 is 0. The maximum Gasteiger partial charge on any atom is 0.159 e. The Balaban J connectivity index is 1.07. The van der Waals surface area contributed by atoms with E-state index >= 15 is 0 Å². The van der Waals surface area contributed by atoms with Crippen LogP contribution in [0.1, 0.15) is 0 Å². The molecule has 11 rings (SSSR count). The first kappa shape index (κ1) is 29.6. The molecule has 0 aliphatic heterocycles. The lowest BCUT2D eigenvalue weighted by Crippen LogP contribution is -2.10. The number of nitrogens with zero attached hydrogens (tertiary/aromatic N) is 1. The molecule has 0 atom stereocenters. The third-order valence-corrected chi connectivity index (χ3v) is 10.7. The van der Waals surface area contributed by atoms with Gasteiger partial charge in [0.1, 0.15) is 16.7 Å². The van der Waals surface area contributed by atoms with Crippen molar-refractivity contribution in [1.82, 2.24) is 0 Å². The Kier molecular flexibility index (Phi) is 6.55. The SMILES string of the molecule is c1ccc(-c2ccc(N(c3ccc(-c4ccc5c(ccc6ccccc65)c4)cc3)c3cccc4c3oc3c4ccc4oc5ccccc5c43)cc2)cc1. The Labute approximate surface area is 305 Å². The predicted octanol–water partition coefficient (Wildman–Crippen LogP) is 14.6. The van der Waals surface area contributed by atoms with Crippen molar-refractivity contribution in [3.8, 4) is 22.3 Å². The molecule has 2 aromatic heterocycles. The molecular formula is C50H31NO2. The highest BCUT2D eigenvalue weighted by Gasteiger charge is 2.22. The van der Waals surface area contributed by atoms with Gasteiger partial charge in [0.25, 0.3) is 0 Å². The van der Waals surface area contributed by atoms with Gasteiger partial charge in [-0.15, -0.1) is 0 Å². The molecule has 0 saturated heterocycles. The second-order valence-corrected chi connectivity index (χ2v) is 13.7.